The highest BCUT2D eigenvalue weighted by Gasteiger charge is 2.13. The van der Waals surface area contributed by atoms with Crippen LogP contribution in [0.25, 0.3) is 0 Å². The Morgan fingerprint density at radius 3 is 2.52 bits per heavy atom. The number of ether oxygens (including phenoxy) is 1. The number of carbonyl (C=O) groups is 1. The van der Waals surface area contributed by atoms with E-state index in [-0.39, 0.29) is 5.91 Å². The van der Waals surface area contributed by atoms with Crippen LogP contribution in [0.3, 0.4) is 0 Å². The van der Waals surface area contributed by atoms with Crippen molar-refractivity contribution < 1.29 is 14.4 Å². The van der Waals surface area contributed by atoms with E-state index in [0.717, 1.165) is 24.5 Å². The van der Waals surface area contributed by atoms with Crippen molar-refractivity contribution in [3.8, 4) is 5.75 Å². The van der Waals surface area contributed by atoms with Gasteiger partial charge in [0, 0.05) is 11.3 Å². The first-order valence-corrected chi connectivity index (χ1v) is 7.93. The number of likely N-dealkylation sites (N-methyl/N-ethyl adjacent to an activating group) is 1. The summed E-state index contributed by atoms with van der Waals surface area (Å²) in [7, 11) is 1.63. The molecule has 0 spiro atoms. The van der Waals surface area contributed by atoms with Crippen molar-refractivity contribution in [2.24, 2.45) is 0 Å². The summed E-state index contributed by atoms with van der Waals surface area (Å²) in [5, 5.41) is 2.94. The molecular weight excluding hydrogens is 288 g/mol. The van der Waals surface area contributed by atoms with Gasteiger partial charge in [0.15, 0.2) is 6.54 Å². The topological polar surface area (TPSA) is 42.8 Å². The van der Waals surface area contributed by atoms with E-state index in [0.29, 0.717) is 6.54 Å². The van der Waals surface area contributed by atoms with Crippen LogP contribution in [0.1, 0.15) is 18.1 Å². The molecule has 2 aromatic rings. The number of hydrogen-bond acceptors (Lipinski definition) is 2. The lowest BCUT2D eigenvalue weighted by Gasteiger charge is -2.17. The molecule has 1 atom stereocenters. The van der Waals surface area contributed by atoms with Gasteiger partial charge in [0.05, 0.1) is 13.7 Å². The molecule has 0 aliphatic rings. The van der Waals surface area contributed by atoms with Gasteiger partial charge in [-0.25, -0.2) is 0 Å². The summed E-state index contributed by atoms with van der Waals surface area (Å²) in [6, 6.07) is 15.8. The molecule has 23 heavy (non-hydrogen) atoms. The third-order valence-electron chi connectivity index (χ3n) is 3.82. The maximum absolute atomic E-state index is 12.2. The normalized spacial score (nSPS) is 11.8. The predicted octanol–water partition coefficient (Wildman–Crippen LogP) is 2.05. The first kappa shape index (κ1) is 17.0. The molecule has 0 aromatic heterocycles. The van der Waals surface area contributed by atoms with Crippen LogP contribution < -0.4 is 15.0 Å². The Hall–Kier alpha value is -2.33. The molecule has 0 bridgehead atoms. The molecule has 0 aliphatic heterocycles. The van der Waals surface area contributed by atoms with Gasteiger partial charge in [-0.3, -0.25) is 4.79 Å². The van der Waals surface area contributed by atoms with Crippen LogP contribution in [0, 0.1) is 6.92 Å². The number of carbonyl (C=O) groups excluding carboxylic acids is 1. The number of rotatable bonds is 7. The van der Waals surface area contributed by atoms with E-state index >= 15 is 0 Å². The Morgan fingerprint density at radius 2 is 1.91 bits per heavy atom. The van der Waals surface area contributed by atoms with Crippen molar-refractivity contribution in [3.63, 3.8) is 0 Å². The Morgan fingerprint density at radius 1 is 1.17 bits per heavy atom. The summed E-state index contributed by atoms with van der Waals surface area (Å²) in [5.41, 5.74) is 3.31. The summed E-state index contributed by atoms with van der Waals surface area (Å²) in [6.07, 6.45) is 0. The molecule has 2 N–H and O–H groups in total. The smallest absolute Gasteiger partial charge is 0.279 e. The molecule has 4 heteroatoms. The van der Waals surface area contributed by atoms with Crippen molar-refractivity contribution in [1.82, 2.24) is 0 Å². The van der Waals surface area contributed by atoms with E-state index < -0.39 is 0 Å². The fraction of sp³-hybridized carbons (Fsp3) is 0.316. The molecule has 2 aromatic carbocycles. The minimum absolute atomic E-state index is 0.0275. The zero-order chi connectivity index (χ0) is 16.7. The quantitative estimate of drug-likeness (QED) is 0.821. The first-order valence-electron chi connectivity index (χ1n) is 7.93. The van der Waals surface area contributed by atoms with E-state index in [1.165, 1.54) is 16.0 Å². The van der Waals surface area contributed by atoms with Gasteiger partial charge in [-0.15, -0.1) is 0 Å². The maximum Gasteiger partial charge on any atom is 0.279 e. The Bertz CT molecular complexity index is 638. The second-order valence-electron chi connectivity index (χ2n) is 5.72. The van der Waals surface area contributed by atoms with Gasteiger partial charge in [0.2, 0.25) is 0 Å². The van der Waals surface area contributed by atoms with Crippen LogP contribution in [-0.4, -0.2) is 26.1 Å². The van der Waals surface area contributed by atoms with Crippen molar-refractivity contribution in [2.45, 2.75) is 20.4 Å². The molecule has 0 radical (unpaired) electrons. The van der Waals surface area contributed by atoms with Crippen LogP contribution in [-0.2, 0) is 11.3 Å². The Kier molecular flexibility index (Phi) is 6.18. The summed E-state index contributed by atoms with van der Waals surface area (Å²) >= 11 is 0. The SMILES string of the molecule is CC[NH+](CC(=O)Nc1ccc(OC)cc1)Cc1cccc(C)c1. The zero-order valence-corrected chi connectivity index (χ0v) is 14.1. The number of quaternary nitrogens is 1. The monoisotopic (exact) mass is 313 g/mol. The van der Waals surface area contributed by atoms with Crippen LogP contribution in [0.2, 0.25) is 0 Å². The van der Waals surface area contributed by atoms with Gasteiger partial charge < -0.3 is 15.0 Å². The molecule has 122 valence electrons. The van der Waals surface area contributed by atoms with Gasteiger partial charge in [-0.1, -0.05) is 29.8 Å². The average molecular weight is 313 g/mol. The van der Waals surface area contributed by atoms with Crippen LogP contribution in [0.4, 0.5) is 5.69 Å². The largest absolute Gasteiger partial charge is 0.497 e. The van der Waals surface area contributed by atoms with Gasteiger partial charge in [0.25, 0.3) is 5.91 Å². The number of nitrogens with one attached hydrogen (secondary N) is 2. The van der Waals surface area contributed by atoms with E-state index in [4.69, 9.17) is 4.74 Å². The van der Waals surface area contributed by atoms with Crippen molar-refractivity contribution in [1.29, 1.82) is 0 Å². The second-order valence-corrected chi connectivity index (χ2v) is 5.72. The highest BCUT2D eigenvalue weighted by molar-refractivity contribution is 5.91. The molecule has 0 heterocycles. The van der Waals surface area contributed by atoms with Gasteiger partial charge >= 0.3 is 0 Å². The second kappa shape index (κ2) is 8.34. The molecule has 2 rings (SSSR count). The third kappa shape index (κ3) is 5.42. The number of anilines is 1. The molecule has 0 saturated carbocycles. The highest BCUT2D eigenvalue weighted by Crippen LogP contribution is 2.14. The number of benzene rings is 2. The molecule has 1 unspecified atom stereocenters. The zero-order valence-electron chi connectivity index (χ0n) is 14.1. The number of hydrogen-bond donors (Lipinski definition) is 2. The van der Waals surface area contributed by atoms with E-state index in [1.807, 2.05) is 24.3 Å². The van der Waals surface area contributed by atoms with Crippen molar-refractivity contribution >= 4 is 11.6 Å². The number of amides is 1. The summed E-state index contributed by atoms with van der Waals surface area (Å²) in [4.78, 5) is 13.5. The van der Waals surface area contributed by atoms with Gasteiger partial charge in [-0.2, -0.15) is 0 Å². The average Bonchev–Trinajstić information content (AvgIpc) is 2.55. The molecule has 1 amide bonds. The van der Waals surface area contributed by atoms with Crippen molar-refractivity contribution in [2.75, 3.05) is 25.5 Å². The minimum atomic E-state index is 0.0275. The highest BCUT2D eigenvalue weighted by atomic mass is 16.5. The van der Waals surface area contributed by atoms with Crippen LogP contribution >= 0.6 is 0 Å². The van der Waals surface area contributed by atoms with Crippen LogP contribution in [0.5, 0.6) is 5.75 Å². The molecule has 4 nitrogen and oxygen atoms in total. The fourth-order valence-electron chi connectivity index (χ4n) is 2.53. The Balaban J connectivity index is 1.91. The lowest BCUT2D eigenvalue weighted by molar-refractivity contribution is -0.903. The summed E-state index contributed by atoms with van der Waals surface area (Å²) in [6.45, 7) is 6.41. The molecular formula is C19H25N2O2+. The Labute approximate surface area is 138 Å². The summed E-state index contributed by atoms with van der Waals surface area (Å²) in [5.74, 6) is 0.808. The lowest BCUT2D eigenvalue weighted by Crippen LogP contribution is -3.11. The van der Waals surface area contributed by atoms with Crippen LogP contribution in [0.15, 0.2) is 48.5 Å². The fourth-order valence-corrected chi connectivity index (χ4v) is 2.53. The molecule has 0 saturated heterocycles. The number of aryl methyl sites for hydroxylation is 1. The van der Waals surface area contributed by atoms with Gasteiger partial charge in [-0.05, 0) is 38.1 Å². The molecule has 0 aliphatic carbocycles. The number of methoxy groups -OCH3 is 1. The molecule has 0 fully saturated rings. The predicted molar refractivity (Wildman–Crippen MR) is 92.9 cm³/mol. The lowest BCUT2D eigenvalue weighted by atomic mass is 10.1. The van der Waals surface area contributed by atoms with Gasteiger partial charge in [0.1, 0.15) is 12.3 Å². The van der Waals surface area contributed by atoms with Crippen molar-refractivity contribution in [3.05, 3.63) is 59.7 Å². The van der Waals surface area contributed by atoms with E-state index in [9.17, 15) is 4.79 Å². The van der Waals surface area contributed by atoms with E-state index in [2.05, 4.69) is 43.4 Å². The first-order chi connectivity index (χ1) is 11.1. The minimum Gasteiger partial charge on any atom is -0.497 e. The summed E-state index contributed by atoms with van der Waals surface area (Å²) < 4.78 is 5.12. The maximum atomic E-state index is 12.2. The van der Waals surface area contributed by atoms with E-state index in [1.54, 1.807) is 7.11 Å². The third-order valence-corrected chi connectivity index (χ3v) is 3.82. The standard InChI is InChI=1S/C19H24N2O2/c1-4-21(13-16-7-5-6-15(2)12-16)14-19(22)20-17-8-10-18(23-3)11-9-17/h5-12H,4,13-14H2,1-3H3,(H,20,22)/p+1.